The summed E-state index contributed by atoms with van der Waals surface area (Å²) in [5.41, 5.74) is 1.99. The maximum Gasteiger partial charge on any atom is 0.241 e. The summed E-state index contributed by atoms with van der Waals surface area (Å²) in [6.07, 6.45) is 1.47. The van der Waals surface area contributed by atoms with E-state index in [1.807, 2.05) is 12.1 Å². The molecule has 2 aromatic carbocycles. The summed E-state index contributed by atoms with van der Waals surface area (Å²) < 4.78 is 38.5. The third-order valence-electron chi connectivity index (χ3n) is 4.14. The predicted molar refractivity (Wildman–Crippen MR) is 92.4 cm³/mol. The number of rotatable bonds is 5. The van der Waals surface area contributed by atoms with E-state index in [0.29, 0.717) is 22.9 Å². The van der Waals surface area contributed by atoms with Crippen LogP contribution in [0.25, 0.3) is 0 Å². The quantitative estimate of drug-likeness (QED) is 0.880. The molecule has 1 N–H and O–H groups in total. The number of benzene rings is 2. The van der Waals surface area contributed by atoms with E-state index in [-0.39, 0.29) is 10.9 Å². The van der Waals surface area contributed by atoms with Gasteiger partial charge >= 0.3 is 0 Å². The minimum Gasteiger partial charge on any atom is -0.493 e. The topological polar surface area (TPSA) is 64.6 Å². The van der Waals surface area contributed by atoms with Gasteiger partial charge in [-0.05, 0) is 60.4 Å². The fourth-order valence-electron chi connectivity index (χ4n) is 2.92. The van der Waals surface area contributed by atoms with Gasteiger partial charge in [-0.25, -0.2) is 13.1 Å². The standard InChI is InChI=1S/C17H18ClNO4S/c1-22-16-9-11-3-8-15(14(11)10-17(16)23-2)19-24(20,21)13-6-4-12(18)5-7-13/h4-7,9-10,15,19H,3,8H2,1-2H3. The molecule has 128 valence electrons. The van der Waals surface area contributed by atoms with Crippen LogP contribution in [0.3, 0.4) is 0 Å². The fraction of sp³-hybridized carbons (Fsp3) is 0.294. The zero-order chi connectivity index (χ0) is 17.3. The van der Waals surface area contributed by atoms with Crippen LogP contribution < -0.4 is 14.2 Å². The van der Waals surface area contributed by atoms with Gasteiger partial charge in [-0.3, -0.25) is 0 Å². The van der Waals surface area contributed by atoms with E-state index < -0.39 is 10.0 Å². The monoisotopic (exact) mass is 367 g/mol. The molecular weight excluding hydrogens is 350 g/mol. The zero-order valence-electron chi connectivity index (χ0n) is 13.4. The Morgan fingerprint density at radius 2 is 1.71 bits per heavy atom. The molecule has 0 heterocycles. The molecule has 1 unspecified atom stereocenters. The summed E-state index contributed by atoms with van der Waals surface area (Å²) in [7, 11) is -0.474. The van der Waals surface area contributed by atoms with Crippen LogP contribution in [0.4, 0.5) is 0 Å². The summed E-state index contributed by atoms with van der Waals surface area (Å²) in [4.78, 5) is 0.195. The molecule has 0 radical (unpaired) electrons. The largest absolute Gasteiger partial charge is 0.493 e. The minimum atomic E-state index is -3.62. The minimum absolute atomic E-state index is 0.195. The lowest BCUT2D eigenvalue weighted by atomic mass is 10.1. The molecule has 2 aromatic rings. The molecule has 0 aromatic heterocycles. The number of hydrogen-bond acceptors (Lipinski definition) is 4. The Kier molecular flexibility index (Phi) is 4.71. The number of fused-ring (bicyclic) bond motifs is 1. The highest BCUT2D eigenvalue weighted by Crippen LogP contribution is 2.39. The van der Waals surface area contributed by atoms with Gasteiger partial charge < -0.3 is 9.47 Å². The Balaban J connectivity index is 1.90. The fourth-order valence-corrected chi connectivity index (χ4v) is 4.30. The van der Waals surface area contributed by atoms with Crippen molar-refractivity contribution in [3.63, 3.8) is 0 Å². The van der Waals surface area contributed by atoms with Crippen LogP contribution in [0.2, 0.25) is 5.02 Å². The summed E-state index contributed by atoms with van der Waals surface area (Å²) in [6.45, 7) is 0. The van der Waals surface area contributed by atoms with E-state index >= 15 is 0 Å². The molecule has 24 heavy (non-hydrogen) atoms. The van der Waals surface area contributed by atoms with E-state index in [0.717, 1.165) is 17.5 Å². The number of nitrogens with one attached hydrogen (secondary N) is 1. The van der Waals surface area contributed by atoms with Gasteiger partial charge in [-0.15, -0.1) is 0 Å². The third kappa shape index (κ3) is 3.22. The van der Waals surface area contributed by atoms with Crippen molar-refractivity contribution in [3.8, 4) is 11.5 Å². The van der Waals surface area contributed by atoms with Crippen molar-refractivity contribution >= 4 is 21.6 Å². The lowest BCUT2D eigenvalue weighted by molar-refractivity contribution is 0.354. The molecule has 0 spiro atoms. The maximum absolute atomic E-state index is 12.6. The molecule has 1 aliphatic carbocycles. The van der Waals surface area contributed by atoms with Crippen molar-refractivity contribution in [2.24, 2.45) is 0 Å². The summed E-state index contributed by atoms with van der Waals surface area (Å²) >= 11 is 5.82. The molecule has 0 fully saturated rings. The Labute approximate surface area is 146 Å². The zero-order valence-corrected chi connectivity index (χ0v) is 14.9. The SMILES string of the molecule is COc1cc2c(cc1OC)C(NS(=O)(=O)c1ccc(Cl)cc1)CC2. The van der Waals surface area contributed by atoms with E-state index in [2.05, 4.69) is 4.72 Å². The van der Waals surface area contributed by atoms with Crippen LogP contribution in [-0.4, -0.2) is 22.6 Å². The highest BCUT2D eigenvalue weighted by Gasteiger charge is 2.29. The van der Waals surface area contributed by atoms with Crippen LogP contribution in [0, 0.1) is 0 Å². The van der Waals surface area contributed by atoms with Gasteiger partial charge in [-0.1, -0.05) is 11.6 Å². The summed E-state index contributed by atoms with van der Waals surface area (Å²) in [6, 6.07) is 9.57. The molecule has 0 saturated heterocycles. The summed E-state index contributed by atoms with van der Waals surface area (Å²) in [5, 5.41) is 0.497. The first-order valence-corrected chi connectivity index (χ1v) is 9.33. The number of sulfonamides is 1. The van der Waals surface area contributed by atoms with Gasteiger partial charge in [0.15, 0.2) is 11.5 Å². The van der Waals surface area contributed by atoms with Crippen LogP contribution in [-0.2, 0) is 16.4 Å². The molecule has 0 saturated carbocycles. The highest BCUT2D eigenvalue weighted by molar-refractivity contribution is 7.89. The highest BCUT2D eigenvalue weighted by atomic mass is 35.5. The lowest BCUT2D eigenvalue weighted by Gasteiger charge is -2.16. The average molecular weight is 368 g/mol. The Morgan fingerprint density at radius 3 is 2.33 bits per heavy atom. The third-order valence-corrected chi connectivity index (χ3v) is 5.88. The number of methoxy groups -OCH3 is 2. The number of hydrogen-bond donors (Lipinski definition) is 1. The molecule has 5 nitrogen and oxygen atoms in total. The normalized spacial score (nSPS) is 16.7. The molecular formula is C17H18ClNO4S. The smallest absolute Gasteiger partial charge is 0.241 e. The Morgan fingerprint density at radius 1 is 1.08 bits per heavy atom. The second-order valence-corrected chi connectivity index (χ2v) is 7.72. The molecule has 0 bridgehead atoms. The van der Waals surface area contributed by atoms with E-state index in [1.54, 1.807) is 26.4 Å². The Bertz CT molecular complexity index is 850. The first-order chi connectivity index (χ1) is 11.4. The molecule has 1 aliphatic rings. The molecule has 0 aliphatic heterocycles. The first-order valence-electron chi connectivity index (χ1n) is 7.47. The maximum atomic E-state index is 12.6. The second kappa shape index (κ2) is 6.63. The van der Waals surface area contributed by atoms with Crippen molar-refractivity contribution in [2.45, 2.75) is 23.8 Å². The van der Waals surface area contributed by atoms with Crippen molar-refractivity contribution < 1.29 is 17.9 Å². The van der Waals surface area contributed by atoms with Crippen molar-refractivity contribution in [2.75, 3.05) is 14.2 Å². The second-order valence-electron chi connectivity index (χ2n) is 5.57. The first kappa shape index (κ1) is 17.1. The molecule has 7 heteroatoms. The summed E-state index contributed by atoms with van der Waals surface area (Å²) in [5.74, 6) is 1.24. The van der Waals surface area contributed by atoms with E-state index in [9.17, 15) is 8.42 Å². The van der Waals surface area contributed by atoms with E-state index in [1.165, 1.54) is 12.1 Å². The average Bonchev–Trinajstić information content (AvgIpc) is 2.95. The predicted octanol–water partition coefficient (Wildman–Crippen LogP) is 3.32. The van der Waals surface area contributed by atoms with Crippen LogP contribution in [0.1, 0.15) is 23.6 Å². The Hall–Kier alpha value is -1.76. The van der Waals surface area contributed by atoms with Gasteiger partial charge in [0.05, 0.1) is 19.1 Å². The van der Waals surface area contributed by atoms with Gasteiger partial charge in [0.25, 0.3) is 0 Å². The van der Waals surface area contributed by atoms with Crippen molar-refractivity contribution in [3.05, 3.63) is 52.5 Å². The number of halogens is 1. The molecule has 3 rings (SSSR count). The molecule has 0 amide bonds. The van der Waals surface area contributed by atoms with Crippen LogP contribution in [0.15, 0.2) is 41.3 Å². The van der Waals surface area contributed by atoms with Crippen LogP contribution >= 0.6 is 11.6 Å². The van der Waals surface area contributed by atoms with Crippen molar-refractivity contribution in [1.82, 2.24) is 4.72 Å². The van der Waals surface area contributed by atoms with Gasteiger partial charge in [0.2, 0.25) is 10.0 Å². The lowest BCUT2D eigenvalue weighted by Crippen LogP contribution is -2.27. The molecule has 1 atom stereocenters. The van der Waals surface area contributed by atoms with E-state index in [4.69, 9.17) is 21.1 Å². The van der Waals surface area contributed by atoms with Gasteiger partial charge in [0.1, 0.15) is 0 Å². The van der Waals surface area contributed by atoms with Crippen LogP contribution in [0.5, 0.6) is 11.5 Å². The van der Waals surface area contributed by atoms with Gasteiger partial charge in [-0.2, -0.15) is 0 Å². The number of aryl methyl sites for hydroxylation is 1. The van der Waals surface area contributed by atoms with Gasteiger partial charge in [0, 0.05) is 11.1 Å². The number of ether oxygens (including phenoxy) is 2. The van der Waals surface area contributed by atoms with Crippen molar-refractivity contribution in [1.29, 1.82) is 0 Å².